The molecule has 0 aliphatic heterocycles. The lowest BCUT2D eigenvalue weighted by atomic mass is 10.2. The normalized spacial score (nSPS) is 13.6. The van der Waals surface area contributed by atoms with Crippen LogP contribution in [0, 0.1) is 0 Å². The van der Waals surface area contributed by atoms with Crippen LogP contribution in [-0.2, 0) is 0 Å². The Labute approximate surface area is 185 Å². The SMILES string of the molecule is Brc1cn(C2CC2)c2ncnc(-c3nc(-c4cccc(Oc5ccccc5)c4)no3)c12. The molecule has 0 bridgehead atoms. The molecule has 0 radical (unpaired) electrons. The summed E-state index contributed by atoms with van der Waals surface area (Å²) in [7, 11) is 0. The van der Waals surface area contributed by atoms with E-state index in [2.05, 4.69) is 46.8 Å². The molecule has 3 heterocycles. The van der Waals surface area contributed by atoms with Crippen molar-refractivity contribution in [1.29, 1.82) is 0 Å². The number of benzene rings is 2. The zero-order chi connectivity index (χ0) is 20.8. The molecule has 2 aromatic carbocycles. The number of fused-ring (bicyclic) bond motifs is 1. The topological polar surface area (TPSA) is 78.9 Å². The quantitative estimate of drug-likeness (QED) is 0.309. The number of hydrogen-bond donors (Lipinski definition) is 0. The second-order valence-corrected chi connectivity index (χ2v) is 8.26. The van der Waals surface area contributed by atoms with Crippen LogP contribution in [0.25, 0.3) is 34.0 Å². The van der Waals surface area contributed by atoms with Crippen LogP contribution < -0.4 is 4.74 Å². The molecule has 0 N–H and O–H groups in total. The van der Waals surface area contributed by atoms with Crippen LogP contribution in [0.4, 0.5) is 0 Å². The molecular formula is C23H16BrN5O2. The molecule has 1 fully saturated rings. The second-order valence-electron chi connectivity index (χ2n) is 7.40. The molecule has 1 saturated carbocycles. The minimum Gasteiger partial charge on any atom is -0.457 e. The highest BCUT2D eigenvalue weighted by atomic mass is 79.9. The molecule has 0 atom stereocenters. The molecule has 31 heavy (non-hydrogen) atoms. The first kappa shape index (κ1) is 18.3. The predicted molar refractivity (Wildman–Crippen MR) is 119 cm³/mol. The van der Waals surface area contributed by atoms with Gasteiger partial charge in [0.1, 0.15) is 29.2 Å². The number of rotatable bonds is 5. The van der Waals surface area contributed by atoms with Crippen molar-refractivity contribution in [2.24, 2.45) is 0 Å². The lowest BCUT2D eigenvalue weighted by Gasteiger charge is -2.05. The molecule has 8 heteroatoms. The van der Waals surface area contributed by atoms with Crippen LogP contribution >= 0.6 is 15.9 Å². The fourth-order valence-electron chi connectivity index (χ4n) is 3.59. The maximum Gasteiger partial charge on any atom is 0.277 e. The standard InChI is InChI=1S/C23H16BrN5O2/c24-18-12-29(15-9-10-15)22-19(18)20(25-13-26-22)23-27-21(28-31-23)14-5-4-8-17(11-14)30-16-6-2-1-3-7-16/h1-8,11-13,15H,9-10H2. The molecule has 7 nitrogen and oxygen atoms in total. The molecule has 3 aromatic heterocycles. The maximum atomic E-state index is 5.92. The highest BCUT2D eigenvalue weighted by molar-refractivity contribution is 9.10. The smallest absolute Gasteiger partial charge is 0.277 e. The van der Waals surface area contributed by atoms with Gasteiger partial charge < -0.3 is 13.8 Å². The summed E-state index contributed by atoms with van der Waals surface area (Å²) in [6.07, 6.45) is 5.94. The van der Waals surface area contributed by atoms with Gasteiger partial charge in [-0.25, -0.2) is 9.97 Å². The van der Waals surface area contributed by atoms with E-state index in [1.807, 2.05) is 54.6 Å². The zero-order valence-electron chi connectivity index (χ0n) is 16.3. The first-order chi connectivity index (χ1) is 15.3. The third kappa shape index (κ3) is 3.38. The van der Waals surface area contributed by atoms with Crippen LogP contribution in [-0.4, -0.2) is 24.7 Å². The van der Waals surface area contributed by atoms with Gasteiger partial charge in [0, 0.05) is 22.3 Å². The van der Waals surface area contributed by atoms with E-state index in [1.165, 1.54) is 12.8 Å². The van der Waals surface area contributed by atoms with E-state index in [-0.39, 0.29) is 0 Å². The number of ether oxygens (including phenoxy) is 1. The number of aromatic nitrogens is 5. The first-order valence-corrected chi connectivity index (χ1v) is 10.7. The Morgan fingerprint density at radius 1 is 1.00 bits per heavy atom. The fourth-order valence-corrected chi connectivity index (χ4v) is 4.18. The summed E-state index contributed by atoms with van der Waals surface area (Å²) in [4.78, 5) is 13.5. The van der Waals surface area contributed by atoms with E-state index in [1.54, 1.807) is 6.33 Å². The Morgan fingerprint density at radius 2 is 1.84 bits per heavy atom. The Balaban J connectivity index is 1.36. The van der Waals surface area contributed by atoms with Gasteiger partial charge in [0.05, 0.1) is 5.39 Å². The van der Waals surface area contributed by atoms with Gasteiger partial charge in [-0.05, 0) is 53.0 Å². The Bertz CT molecular complexity index is 1390. The summed E-state index contributed by atoms with van der Waals surface area (Å²) in [5, 5.41) is 5.06. The van der Waals surface area contributed by atoms with Gasteiger partial charge in [-0.15, -0.1) is 0 Å². The Kier molecular flexibility index (Phi) is 4.31. The van der Waals surface area contributed by atoms with E-state index in [0.717, 1.165) is 26.8 Å². The lowest BCUT2D eigenvalue weighted by Crippen LogP contribution is -1.95. The summed E-state index contributed by atoms with van der Waals surface area (Å²) in [6, 6.07) is 17.7. The van der Waals surface area contributed by atoms with E-state index >= 15 is 0 Å². The van der Waals surface area contributed by atoms with Crippen molar-refractivity contribution in [2.75, 3.05) is 0 Å². The average molecular weight is 474 g/mol. The summed E-state index contributed by atoms with van der Waals surface area (Å²) >= 11 is 3.65. The van der Waals surface area contributed by atoms with E-state index in [0.29, 0.717) is 29.2 Å². The van der Waals surface area contributed by atoms with Gasteiger partial charge >= 0.3 is 0 Å². The van der Waals surface area contributed by atoms with Crippen molar-refractivity contribution in [1.82, 2.24) is 24.7 Å². The Hall–Kier alpha value is -3.52. The first-order valence-electron chi connectivity index (χ1n) is 9.95. The van der Waals surface area contributed by atoms with Gasteiger partial charge in [-0.1, -0.05) is 35.5 Å². The molecule has 0 unspecified atom stereocenters. The minimum absolute atomic E-state index is 0.353. The van der Waals surface area contributed by atoms with Crippen molar-refractivity contribution in [3.8, 4) is 34.5 Å². The van der Waals surface area contributed by atoms with Gasteiger partial charge in [0.25, 0.3) is 5.89 Å². The van der Waals surface area contributed by atoms with Gasteiger partial charge in [-0.3, -0.25) is 0 Å². The summed E-state index contributed by atoms with van der Waals surface area (Å²) in [5.41, 5.74) is 2.28. The fraction of sp³-hybridized carbons (Fsp3) is 0.130. The number of hydrogen-bond acceptors (Lipinski definition) is 6. The molecule has 0 spiro atoms. The van der Waals surface area contributed by atoms with Gasteiger partial charge in [0.15, 0.2) is 0 Å². The lowest BCUT2D eigenvalue weighted by molar-refractivity contribution is 0.431. The summed E-state index contributed by atoms with van der Waals surface area (Å²) < 4.78 is 14.6. The molecular weight excluding hydrogens is 458 g/mol. The van der Waals surface area contributed by atoms with Gasteiger partial charge in [0.2, 0.25) is 5.82 Å². The average Bonchev–Trinajstić information content (AvgIpc) is 3.42. The molecule has 152 valence electrons. The van der Waals surface area contributed by atoms with Crippen molar-refractivity contribution in [2.45, 2.75) is 18.9 Å². The van der Waals surface area contributed by atoms with Crippen LogP contribution in [0.1, 0.15) is 18.9 Å². The molecule has 1 aliphatic rings. The number of nitrogens with zero attached hydrogens (tertiary/aromatic N) is 5. The summed E-state index contributed by atoms with van der Waals surface area (Å²) in [5.74, 6) is 2.29. The Morgan fingerprint density at radius 3 is 2.68 bits per heavy atom. The van der Waals surface area contributed by atoms with Crippen molar-refractivity contribution in [3.63, 3.8) is 0 Å². The van der Waals surface area contributed by atoms with Crippen LogP contribution in [0.15, 0.2) is 76.1 Å². The maximum absolute atomic E-state index is 5.92. The van der Waals surface area contributed by atoms with Crippen LogP contribution in [0.5, 0.6) is 11.5 Å². The molecule has 1 aliphatic carbocycles. The predicted octanol–water partition coefficient (Wildman–Crippen LogP) is 6.04. The molecule has 0 saturated heterocycles. The van der Waals surface area contributed by atoms with Crippen LogP contribution in [0.2, 0.25) is 0 Å². The highest BCUT2D eigenvalue weighted by Crippen LogP contribution is 2.41. The van der Waals surface area contributed by atoms with Crippen molar-refractivity contribution in [3.05, 3.63) is 71.6 Å². The van der Waals surface area contributed by atoms with Crippen LogP contribution in [0.3, 0.4) is 0 Å². The zero-order valence-corrected chi connectivity index (χ0v) is 17.9. The molecule has 0 amide bonds. The highest BCUT2D eigenvalue weighted by Gasteiger charge is 2.28. The molecule has 5 aromatic rings. The van der Waals surface area contributed by atoms with E-state index in [4.69, 9.17) is 9.26 Å². The third-order valence-corrected chi connectivity index (χ3v) is 5.80. The van der Waals surface area contributed by atoms with Crippen molar-refractivity contribution >= 4 is 27.0 Å². The second kappa shape index (κ2) is 7.31. The van der Waals surface area contributed by atoms with E-state index < -0.39 is 0 Å². The number of para-hydroxylation sites is 1. The number of halogens is 1. The van der Waals surface area contributed by atoms with Crippen molar-refractivity contribution < 1.29 is 9.26 Å². The van der Waals surface area contributed by atoms with Gasteiger partial charge in [-0.2, -0.15) is 4.98 Å². The third-order valence-electron chi connectivity index (χ3n) is 5.20. The monoisotopic (exact) mass is 473 g/mol. The minimum atomic E-state index is 0.353. The largest absolute Gasteiger partial charge is 0.457 e. The summed E-state index contributed by atoms with van der Waals surface area (Å²) in [6.45, 7) is 0. The van der Waals surface area contributed by atoms with E-state index in [9.17, 15) is 0 Å². The molecule has 6 rings (SSSR count).